The lowest BCUT2D eigenvalue weighted by atomic mass is 9.89. The smallest absolute Gasteiger partial charge is 0.175 e. The fourth-order valence-electron chi connectivity index (χ4n) is 0.906. The second-order valence-electron chi connectivity index (χ2n) is 4.34. The van der Waals surface area contributed by atoms with E-state index in [1.807, 2.05) is 6.07 Å². The maximum Gasteiger partial charge on any atom is 0.175 e. The molecule has 14 heavy (non-hydrogen) atoms. The SMILES string of the molecule is CC(C)C(=O)/C(C#N)=C/C(C)(C)CO. The third-order valence-electron chi connectivity index (χ3n) is 1.85. The van der Waals surface area contributed by atoms with Crippen molar-refractivity contribution in [1.29, 1.82) is 5.26 Å². The molecule has 0 spiro atoms. The van der Waals surface area contributed by atoms with E-state index in [4.69, 9.17) is 10.4 Å². The normalized spacial score (nSPS) is 12.8. The van der Waals surface area contributed by atoms with E-state index in [1.54, 1.807) is 27.7 Å². The van der Waals surface area contributed by atoms with Gasteiger partial charge < -0.3 is 5.11 Å². The second-order valence-corrected chi connectivity index (χ2v) is 4.34. The van der Waals surface area contributed by atoms with Crippen LogP contribution in [0.3, 0.4) is 0 Å². The fourth-order valence-corrected chi connectivity index (χ4v) is 0.906. The molecule has 0 aromatic rings. The molecule has 3 nitrogen and oxygen atoms in total. The zero-order valence-electron chi connectivity index (χ0n) is 9.16. The highest BCUT2D eigenvalue weighted by molar-refractivity contribution is 6.00. The van der Waals surface area contributed by atoms with Gasteiger partial charge in [-0.05, 0) is 0 Å². The Morgan fingerprint density at radius 3 is 2.36 bits per heavy atom. The maximum absolute atomic E-state index is 11.5. The first-order valence-corrected chi connectivity index (χ1v) is 4.62. The van der Waals surface area contributed by atoms with E-state index in [0.717, 1.165) is 0 Å². The number of nitrogens with zero attached hydrogens (tertiary/aromatic N) is 1. The lowest BCUT2D eigenvalue weighted by Crippen LogP contribution is -2.17. The van der Waals surface area contributed by atoms with Gasteiger partial charge in [0.1, 0.15) is 6.07 Å². The Morgan fingerprint density at radius 1 is 1.57 bits per heavy atom. The molecular weight excluding hydrogens is 178 g/mol. The average Bonchev–Trinajstić information content (AvgIpc) is 2.13. The summed E-state index contributed by atoms with van der Waals surface area (Å²) in [5.74, 6) is -0.357. The number of hydrogen-bond acceptors (Lipinski definition) is 3. The summed E-state index contributed by atoms with van der Waals surface area (Å²) in [7, 11) is 0. The predicted octanol–water partition coefficient (Wildman–Crippen LogP) is 1.68. The Bertz CT molecular complexity index is 282. The summed E-state index contributed by atoms with van der Waals surface area (Å²) in [6, 6.07) is 1.87. The van der Waals surface area contributed by atoms with E-state index in [-0.39, 0.29) is 23.9 Å². The van der Waals surface area contributed by atoms with Crippen molar-refractivity contribution in [2.45, 2.75) is 27.7 Å². The van der Waals surface area contributed by atoms with Crippen LogP contribution in [0.2, 0.25) is 0 Å². The van der Waals surface area contributed by atoms with Gasteiger partial charge in [-0.2, -0.15) is 5.26 Å². The number of rotatable bonds is 4. The van der Waals surface area contributed by atoms with Gasteiger partial charge in [-0.1, -0.05) is 33.8 Å². The largest absolute Gasteiger partial charge is 0.395 e. The molecule has 0 fully saturated rings. The third-order valence-corrected chi connectivity index (χ3v) is 1.85. The number of carbonyl (C=O) groups excluding carboxylic acids is 1. The Morgan fingerprint density at radius 2 is 2.07 bits per heavy atom. The van der Waals surface area contributed by atoms with Crippen LogP contribution in [0.5, 0.6) is 0 Å². The van der Waals surface area contributed by atoms with Crippen LogP contribution < -0.4 is 0 Å². The summed E-state index contributed by atoms with van der Waals surface area (Å²) in [6.45, 7) is 6.97. The molecule has 0 aliphatic carbocycles. The number of nitriles is 1. The van der Waals surface area contributed by atoms with E-state index in [9.17, 15) is 4.79 Å². The van der Waals surface area contributed by atoms with Crippen molar-refractivity contribution >= 4 is 5.78 Å². The summed E-state index contributed by atoms with van der Waals surface area (Å²) < 4.78 is 0. The van der Waals surface area contributed by atoms with E-state index in [1.165, 1.54) is 6.08 Å². The summed E-state index contributed by atoms with van der Waals surface area (Å²) in [5.41, 5.74) is -0.380. The number of carbonyl (C=O) groups is 1. The number of allylic oxidation sites excluding steroid dienone is 1. The molecule has 0 aliphatic rings. The van der Waals surface area contributed by atoms with E-state index in [0.29, 0.717) is 0 Å². The van der Waals surface area contributed by atoms with Crippen LogP contribution in [0, 0.1) is 22.7 Å². The van der Waals surface area contributed by atoms with Crippen molar-refractivity contribution in [2.75, 3.05) is 6.61 Å². The van der Waals surface area contributed by atoms with Gasteiger partial charge in [0.25, 0.3) is 0 Å². The zero-order valence-corrected chi connectivity index (χ0v) is 9.16. The summed E-state index contributed by atoms with van der Waals surface area (Å²) in [4.78, 5) is 11.5. The molecule has 0 aliphatic heterocycles. The Kier molecular flexibility index (Phi) is 4.52. The van der Waals surface area contributed by atoms with Crippen LogP contribution in [-0.4, -0.2) is 17.5 Å². The van der Waals surface area contributed by atoms with E-state index < -0.39 is 5.41 Å². The molecular formula is C11H17NO2. The molecule has 0 aromatic heterocycles. The van der Waals surface area contributed by atoms with Crippen molar-refractivity contribution in [3.8, 4) is 6.07 Å². The van der Waals surface area contributed by atoms with Crippen LogP contribution >= 0.6 is 0 Å². The quantitative estimate of drug-likeness (QED) is 0.548. The highest BCUT2D eigenvalue weighted by Crippen LogP contribution is 2.19. The topological polar surface area (TPSA) is 61.1 Å². The van der Waals surface area contributed by atoms with Crippen LogP contribution in [0.4, 0.5) is 0 Å². The monoisotopic (exact) mass is 195 g/mol. The van der Waals surface area contributed by atoms with Gasteiger partial charge in [-0.25, -0.2) is 0 Å². The zero-order chi connectivity index (χ0) is 11.4. The second kappa shape index (κ2) is 4.92. The summed E-state index contributed by atoms with van der Waals surface area (Å²) >= 11 is 0. The molecule has 78 valence electrons. The molecule has 0 aromatic carbocycles. The van der Waals surface area contributed by atoms with E-state index in [2.05, 4.69) is 0 Å². The number of aliphatic hydroxyl groups excluding tert-OH is 1. The van der Waals surface area contributed by atoms with Crippen molar-refractivity contribution < 1.29 is 9.90 Å². The first-order chi connectivity index (χ1) is 6.34. The minimum Gasteiger partial charge on any atom is -0.395 e. The molecule has 0 rings (SSSR count). The number of ketones is 1. The minimum absolute atomic E-state index is 0.0798. The van der Waals surface area contributed by atoms with Gasteiger partial charge in [0.2, 0.25) is 0 Å². The number of Topliss-reactive ketones (excluding diaryl/α,β-unsaturated/α-hetero) is 1. The van der Waals surface area contributed by atoms with Crippen molar-refractivity contribution in [3.63, 3.8) is 0 Å². The molecule has 0 saturated heterocycles. The Labute approximate surface area is 85.0 Å². The molecule has 0 heterocycles. The molecule has 0 atom stereocenters. The lowest BCUT2D eigenvalue weighted by Gasteiger charge is -2.16. The van der Waals surface area contributed by atoms with Gasteiger partial charge >= 0.3 is 0 Å². The fraction of sp³-hybridized carbons (Fsp3) is 0.636. The number of hydrogen-bond donors (Lipinski definition) is 1. The molecule has 3 heteroatoms. The van der Waals surface area contributed by atoms with Crippen molar-refractivity contribution in [1.82, 2.24) is 0 Å². The third kappa shape index (κ3) is 3.71. The van der Waals surface area contributed by atoms with Crippen molar-refractivity contribution in [2.24, 2.45) is 11.3 Å². The van der Waals surface area contributed by atoms with Gasteiger partial charge in [0, 0.05) is 11.3 Å². The molecule has 0 radical (unpaired) electrons. The first-order valence-electron chi connectivity index (χ1n) is 4.62. The maximum atomic E-state index is 11.5. The van der Waals surface area contributed by atoms with Gasteiger partial charge in [-0.15, -0.1) is 0 Å². The molecule has 0 saturated carbocycles. The molecule has 0 bridgehead atoms. The molecule has 0 amide bonds. The van der Waals surface area contributed by atoms with Crippen LogP contribution in [0.1, 0.15) is 27.7 Å². The minimum atomic E-state index is -0.518. The van der Waals surface area contributed by atoms with Crippen LogP contribution in [-0.2, 0) is 4.79 Å². The summed E-state index contributed by atoms with van der Waals surface area (Å²) in [5, 5.41) is 17.8. The molecule has 1 N–H and O–H groups in total. The van der Waals surface area contributed by atoms with Gasteiger partial charge in [-0.3, -0.25) is 4.79 Å². The highest BCUT2D eigenvalue weighted by atomic mass is 16.3. The summed E-state index contributed by atoms with van der Waals surface area (Å²) in [6.07, 6.45) is 1.54. The highest BCUT2D eigenvalue weighted by Gasteiger charge is 2.19. The van der Waals surface area contributed by atoms with Gasteiger partial charge in [0.15, 0.2) is 5.78 Å². The lowest BCUT2D eigenvalue weighted by molar-refractivity contribution is -0.117. The van der Waals surface area contributed by atoms with Crippen LogP contribution in [0.25, 0.3) is 0 Å². The standard InChI is InChI=1S/C11H17NO2/c1-8(2)10(14)9(6-12)5-11(3,4)7-13/h5,8,13H,7H2,1-4H3/b9-5+. The molecule has 0 unspecified atom stereocenters. The first kappa shape index (κ1) is 12.9. The van der Waals surface area contributed by atoms with Crippen molar-refractivity contribution in [3.05, 3.63) is 11.6 Å². The number of aliphatic hydroxyl groups is 1. The average molecular weight is 195 g/mol. The van der Waals surface area contributed by atoms with Crippen LogP contribution in [0.15, 0.2) is 11.6 Å². The van der Waals surface area contributed by atoms with Gasteiger partial charge in [0.05, 0.1) is 12.2 Å². The predicted molar refractivity (Wildman–Crippen MR) is 54.4 cm³/mol. The van der Waals surface area contributed by atoms with E-state index >= 15 is 0 Å². The Hall–Kier alpha value is -1.14. The Balaban J connectivity index is 4.93.